The third kappa shape index (κ3) is 4.30. The molecule has 0 spiro atoms. The first-order chi connectivity index (χ1) is 11.4. The summed E-state index contributed by atoms with van der Waals surface area (Å²) >= 11 is 6.95. The summed E-state index contributed by atoms with van der Waals surface area (Å²) in [5.74, 6) is 5.56. The zero-order valence-corrected chi connectivity index (χ0v) is 14.4. The van der Waals surface area contributed by atoms with Crippen LogP contribution in [0, 0.1) is 6.92 Å². The van der Waals surface area contributed by atoms with Crippen LogP contribution in [-0.2, 0) is 4.79 Å². The van der Waals surface area contributed by atoms with Gasteiger partial charge in [-0.3, -0.25) is 20.4 Å². The van der Waals surface area contributed by atoms with Crippen molar-refractivity contribution in [2.24, 2.45) is 0 Å². The number of nitrogens with one attached hydrogen (secondary N) is 2. The van der Waals surface area contributed by atoms with Gasteiger partial charge < -0.3 is 10.6 Å². The molecule has 11 heteroatoms. The Morgan fingerprint density at radius 3 is 2.75 bits per heavy atom. The standard InChI is InChI=1S/C13H15ClN6O3S/c1-7-16-19-13(20(7)15)24-6-11(21)17-18-12(22)9-5-8(14)3-4-10(9)23-2/h3-5H,6,15H2,1-2H3,(H,17,21)(H,18,22). The van der Waals surface area contributed by atoms with Gasteiger partial charge in [0.15, 0.2) is 0 Å². The maximum Gasteiger partial charge on any atom is 0.273 e. The molecular formula is C13H15ClN6O3S. The molecule has 2 rings (SSSR count). The first-order valence-electron chi connectivity index (χ1n) is 6.65. The summed E-state index contributed by atoms with van der Waals surface area (Å²) < 4.78 is 6.35. The van der Waals surface area contributed by atoms with Crippen molar-refractivity contribution < 1.29 is 14.3 Å². The van der Waals surface area contributed by atoms with Crippen molar-refractivity contribution in [3.8, 4) is 5.75 Å². The van der Waals surface area contributed by atoms with Gasteiger partial charge in [0.2, 0.25) is 11.1 Å². The average Bonchev–Trinajstić information content (AvgIpc) is 2.89. The number of carbonyl (C=O) groups is 2. The van der Waals surface area contributed by atoms with Crippen LogP contribution in [-0.4, -0.2) is 39.6 Å². The quantitative estimate of drug-likeness (QED) is 0.398. The Kier molecular flexibility index (Phi) is 5.88. The maximum atomic E-state index is 12.1. The van der Waals surface area contributed by atoms with Crippen LogP contribution < -0.4 is 21.4 Å². The number of carbonyl (C=O) groups excluding carboxylic acids is 2. The van der Waals surface area contributed by atoms with Crippen molar-refractivity contribution >= 4 is 35.2 Å². The minimum atomic E-state index is -0.550. The number of methoxy groups -OCH3 is 1. The Bertz CT molecular complexity index is 766. The fourth-order valence-corrected chi connectivity index (χ4v) is 2.54. The third-order valence-corrected chi connectivity index (χ3v) is 4.07. The molecule has 0 aliphatic heterocycles. The van der Waals surface area contributed by atoms with Crippen molar-refractivity contribution in [1.82, 2.24) is 25.7 Å². The van der Waals surface area contributed by atoms with Gasteiger partial charge in [0.05, 0.1) is 18.4 Å². The van der Waals surface area contributed by atoms with Crippen molar-refractivity contribution in [3.63, 3.8) is 0 Å². The summed E-state index contributed by atoms with van der Waals surface area (Å²) in [6, 6.07) is 4.60. The number of hydrogen-bond acceptors (Lipinski definition) is 7. The van der Waals surface area contributed by atoms with Crippen molar-refractivity contribution in [2.45, 2.75) is 12.1 Å². The minimum absolute atomic E-state index is 0.00228. The first kappa shape index (κ1) is 17.9. The smallest absolute Gasteiger partial charge is 0.273 e. The van der Waals surface area contributed by atoms with Crippen molar-refractivity contribution in [1.29, 1.82) is 0 Å². The lowest BCUT2D eigenvalue weighted by molar-refractivity contribution is -0.119. The monoisotopic (exact) mass is 370 g/mol. The number of hydrogen-bond donors (Lipinski definition) is 3. The van der Waals surface area contributed by atoms with Gasteiger partial charge in [-0.2, -0.15) is 0 Å². The SMILES string of the molecule is COc1ccc(Cl)cc1C(=O)NNC(=O)CSc1nnc(C)n1N. The number of nitrogens with two attached hydrogens (primary N) is 1. The molecule has 1 aromatic carbocycles. The Morgan fingerprint density at radius 1 is 1.38 bits per heavy atom. The normalized spacial score (nSPS) is 10.3. The number of rotatable bonds is 5. The molecule has 128 valence electrons. The van der Waals surface area contributed by atoms with E-state index in [0.29, 0.717) is 21.8 Å². The van der Waals surface area contributed by atoms with E-state index in [2.05, 4.69) is 21.0 Å². The highest BCUT2D eigenvalue weighted by Crippen LogP contribution is 2.22. The largest absolute Gasteiger partial charge is 0.496 e. The van der Waals surface area contributed by atoms with Gasteiger partial charge in [0.25, 0.3) is 5.91 Å². The lowest BCUT2D eigenvalue weighted by Gasteiger charge is -2.10. The predicted octanol–water partition coefficient (Wildman–Crippen LogP) is 0.516. The number of thioether (sulfide) groups is 1. The first-order valence-corrected chi connectivity index (χ1v) is 8.01. The molecule has 0 saturated carbocycles. The fraction of sp³-hybridized carbons (Fsp3) is 0.231. The number of hydrazine groups is 1. The Balaban J connectivity index is 1.88. The van der Waals surface area contributed by atoms with Crippen molar-refractivity contribution in [3.05, 3.63) is 34.6 Å². The van der Waals surface area contributed by atoms with E-state index >= 15 is 0 Å². The molecule has 0 saturated heterocycles. The van der Waals surface area contributed by atoms with E-state index < -0.39 is 11.8 Å². The average molecular weight is 371 g/mol. The highest BCUT2D eigenvalue weighted by atomic mass is 35.5. The minimum Gasteiger partial charge on any atom is -0.496 e. The van der Waals surface area contributed by atoms with E-state index in [0.717, 1.165) is 11.8 Å². The molecule has 0 bridgehead atoms. The van der Waals surface area contributed by atoms with Crippen LogP contribution >= 0.6 is 23.4 Å². The molecule has 0 radical (unpaired) electrons. The molecule has 1 heterocycles. The highest BCUT2D eigenvalue weighted by molar-refractivity contribution is 7.99. The predicted molar refractivity (Wildman–Crippen MR) is 89.2 cm³/mol. The van der Waals surface area contributed by atoms with Gasteiger partial charge in [-0.25, -0.2) is 4.68 Å². The zero-order valence-electron chi connectivity index (χ0n) is 12.9. The fourth-order valence-electron chi connectivity index (χ4n) is 1.67. The Hall–Kier alpha value is -2.46. The number of ether oxygens (including phenoxy) is 1. The Labute approximate surface area is 146 Å². The summed E-state index contributed by atoms with van der Waals surface area (Å²) in [5, 5.41) is 8.36. The number of aryl methyl sites for hydroxylation is 1. The van der Waals surface area contributed by atoms with Gasteiger partial charge >= 0.3 is 0 Å². The number of amides is 2. The van der Waals surface area contributed by atoms with Gasteiger partial charge in [0.1, 0.15) is 11.6 Å². The van der Waals surface area contributed by atoms with Crippen molar-refractivity contribution in [2.75, 3.05) is 18.7 Å². The van der Waals surface area contributed by atoms with Crippen LogP contribution in [0.2, 0.25) is 5.02 Å². The number of aromatic nitrogens is 3. The number of benzene rings is 1. The Morgan fingerprint density at radius 2 is 2.12 bits per heavy atom. The molecule has 0 aliphatic carbocycles. The number of nitrogen functional groups attached to an aromatic ring is 1. The molecule has 0 atom stereocenters. The van der Waals surface area contributed by atoms with E-state index in [1.807, 2.05) is 0 Å². The molecule has 2 amide bonds. The molecule has 0 aliphatic rings. The van der Waals surface area contributed by atoms with Crippen LogP contribution in [0.4, 0.5) is 0 Å². The molecule has 0 fully saturated rings. The summed E-state index contributed by atoms with van der Waals surface area (Å²) in [5.41, 5.74) is 4.79. The van der Waals surface area contributed by atoms with Gasteiger partial charge in [0, 0.05) is 5.02 Å². The molecule has 0 unspecified atom stereocenters. The topological polar surface area (TPSA) is 124 Å². The van der Waals surface area contributed by atoms with Gasteiger partial charge in [-0.05, 0) is 25.1 Å². The van der Waals surface area contributed by atoms with Gasteiger partial charge in [-0.15, -0.1) is 10.2 Å². The number of halogens is 1. The van der Waals surface area contributed by atoms with Crippen LogP contribution in [0.5, 0.6) is 5.75 Å². The second-order valence-electron chi connectivity index (χ2n) is 4.54. The van der Waals surface area contributed by atoms with E-state index in [1.165, 1.54) is 17.9 Å². The summed E-state index contributed by atoms with van der Waals surface area (Å²) in [7, 11) is 1.43. The van der Waals surface area contributed by atoms with Crippen LogP contribution in [0.25, 0.3) is 0 Å². The highest BCUT2D eigenvalue weighted by Gasteiger charge is 2.14. The van der Waals surface area contributed by atoms with E-state index in [9.17, 15) is 9.59 Å². The van der Waals surface area contributed by atoms with E-state index in [4.69, 9.17) is 22.2 Å². The lowest BCUT2D eigenvalue weighted by Crippen LogP contribution is -2.42. The zero-order chi connectivity index (χ0) is 17.7. The second-order valence-corrected chi connectivity index (χ2v) is 5.91. The number of nitrogens with zero attached hydrogens (tertiary/aromatic N) is 3. The lowest BCUT2D eigenvalue weighted by atomic mass is 10.2. The van der Waals surface area contributed by atoms with E-state index in [1.54, 1.807) is 19.1 Å². The molecule has 1 aromatic heterocycles. The molecule has 2 aromatic rings. The van der Waals surface area contributed by atoms with Crippen LogP contribution in [0.3, 0.4) is 0 Å². The summed E-state index contributed by atoms with van der Waals surface area (Å²) in [4.78, 5) is 23.9. The van der Waals surface area contributed by atoms with Crippen LogP contribution in [0.1, 0.15) is 16.2 Å². The molecular weight excluding hydrogens is 356 g/mol. The van der Waals surface area contributed by atoms with E-state index in [-0.39, 0.29) is 11.3 Å². The molecule has 9 nitrogen and oxygen atoms in total. The molecule has 4 N–H and O–H groups in total. The summed E-state index contributed by atoms with van der Waals surface area (Å²) in [6.45, 7) is 1.69. The van der Waals surface area contributed by atoms with Gasteiger partial charge in [-0.1, -0.05) is 23.4 Å². The maximum absolute atomic E-state index is 12.1. The summed E-state index contributed by atoms with van der Waals surface area (Å²) in [6.07, 6.45) is 0. The van der Waals surface area contributed by atoms with Crippen LogP contribution in [0.15, 0.2) is 23.4 Å². The molecule has 24 heavy (non-hydrogen) atoms. The third-order valence-electron chi connectivity index (χ3n) is 2.89. The second kappa shape index (κ2) is 7.88.